The van der Waals surface area contributed by atoms with E-state index in [2.05, 4.69) is 0 Å². The minimum absolute atomic E-state index is 0.00774. The van der Waals surface area contributed by atoms with Gasteiger partial charge in [0.15, 0.2) is 0 Å². The monoisotopic (exact) mass is 294 g/mol. The van der Waals surface area contributed by atoms with E-state index < -0.39 is 17.7 Å². The van der Waals surface area contributed by atoms with E-state index >= 15 is 0 Å². The maximum Gasteiger partial charge on any atom is 0.337 e. The first kappa shape index (κ1) is 14.1. The van der Waals surface area contributed by atoms with Crippen molar-refractivity contribution in [3.8, 4) is 0 Å². The van der Waals surface area contributed by atoms with Crippen molar-refractivity contribution >= 4 is 17.9 Å². The smallest absolute Gasteiger partial charge is 0.337 e. The number of aliphatic carboxylic acids is 1. The van der Waals surface area contributed by atoms with Crippen LogP contribution in [0, 0.1) is 17.8 Å². The largest absolute Gasteiger partial charge is 0.478 e. The molecule has 0 amide bonds. The molecule has 2 aliphatic carbocycles. The van der Waals surface area contributed by atoms with E-state index in [4.69, 9.17) is 14.6 Å². The van der Waals surface area contributed by atoms with Crippen LogP contribution in [0.25, 0.3) is 0 Å². The summed E-state index contributed by atoms with van der Waals surface area (Å²) in [6.07, 6.45) is 4.51. The molecule has 4 fully saturated rings. The minimum Gasteiger partial charge on any atom is -0.478 e. The maximum absolute atomic E-state index is 12.1. The van der Waals surface area contributed by atoms with Crippen molar-refractivity contribution in [2.75, 3.05) is 0 Å². The van der Waals surface area contributed by atoms with Gasteiger partial charge in [0.25, 0.3) is 5.79 Å². The summed E-state index contributed by atoms with van der Waals surface area (Å²) in [5, 5.41) is 8.68. The Labute approximate surface area is 122 Å². The lowest BCUT2D eigenvalue weighted by molar-refractivity contribution is -0.238. The molecule has 2 saturated carbocycles. The van der Waals surface area contributed by atoms with Crippen molar-refractivity contribution in [2.45, 2.75) is 44.8 Å². The summed E-state index contributed by atoms with van der Waals surface area (Å²) in [6, 6.07) is 0. The van der Waals surface area contributed by atoms with Crippen LogP contribution in [0.1, 0.15) is 39.0 Å². The molecule has 114 valence electrons. The molecule has 0 aromatic heterocycles. The lowest BCUT2D eigenvalue weighted by Crippen LogP contribution is -2.44. The van der Waals surface area contributed by atoms with Crippen LogP contribution in [0.4, 0.5) is 0 Å². The third-order valence-corrected chi connectivity index (χ3v) is 4.66. The minimum atomic E-state index is -1.21. The average Bonchev–Trinajstić information content (AvgIpc) is 2.49. The van der Waals surface area contributed by atoms with Crippen molar-refractivity contribution < 1.29 is 29.0 Å². The van der Waals surface area contributed by atoms with Gasteiger partial charge in [-0.15, -0.1) is 0 Å². The van der Waals surface area contributed by atoms with Gasteiger partial charge in [0.05, 0.1) is 5.92 Å². The standard InChI is InChI=1S/C15H18O6/c1-8(2-12(16)17)13(18)20-15-6-9-3-10(7-15)5-11(4-9)14(19)21-15/h2,9-11H,3-7H2,1H3,(H,16,17)/b8-2+. The predicted octanol–water partition coefficient (Wildman–Crippen LogP) is 1.64. The van der Waals surface area contributed by atoms with Gasteiger partial charge < -0.3 is 14.6 Å². The highest BCUT2D eigenvalue weighted by Crippen LogP contribution is 2.52. The fourth-order valence-electron chi connectivity index (χ4n) is 4.00. The molecular weight excluding hydrogens is 276 g/mol. The molecule has 2 heterocycles. The molecular formula is C15H18O6. The third-order valence-electron chi connectivity index (χ3n) is 4.66. The fourth-order valence-corrected chi connectivity index (χ4v) is 4.00. The van der Waals surface area contributed by atoms with Crippen molar-refractivity contribution in [1.82, 2.24) is 0 Å². The topological polar surface area (TPSA) is 89.9 Å². The summed E-state index contributed by atoms with van der Waals surface area (Å²) >= 11 is 0. The van der Waals surface area contributed by atoms with E-state index in [1.54, 1.807) is 0 Å². The zero-order valence-corrected chi connectivity index (χ0v) is 11.8. The molecule has 0 aromatic carbocycles. The number of ether oxygens (including phenoxy) is 2. The van der Waals surface area contributed by atoms with E-state index in [-0.39, 0.29) is 17.5 Å². The summed E-state index contributed by atoms with van der Waals surface area (Å²) < 4.78 is 10.9. The normalized spacial score (nSPS) is 37.9. The van der Waals surface area contributed by atoms with Gasteiger partial charge in [-0.25, -0.2) is 9.59 Å². The number of fused-ring (bicyclic) bond motifs is 1. The van der Waals surface area contributed by atoms with Crippen LogP contribution in [0.5, 0.6) is 0 Å². The van der Waals surface area contributed by atoms with Crippen LogP contribution in [0.15, 0.2) is 11.6 Å². The van der Waals surface area contributed by atoms with Crippen LogP contribution >= 0.6 is 0 Å². The zero-order chi connectivity index (χ0) is 15.2. The average molecular weight is 294 g/mol. The van der Waals surface area contributed by atoms with Gasteiger partial charge in [-0.05, 0) is 38.0 Å². The molecule has 6 nitrogen and oxygen atoms in total. The Morgan fingerprint density at radius 3 is 2.48 bits per heavy atom. The molecule has 4 bridgehead atoms. The van der Waals surface area contributed by atoms with Gasteiger partial charge in [-0.2, -0.15) is 0 Å². The van der Waals surface area contributed by atoms with E-state index in [1.165, 1.54) is 6.92 Å². The summed E-state index contributed by atoms with van der Waals surface area (Å²) in [5.74, 6) is -2.81. The van der Waals surface area contributed by atoms with Gasteiger partial charge in [-0.1, -0.05) is 0 Å². The first-order valence-corrected chi connectivity index (χ1v) is 7.24. The second-order valence-corrected chi connectivity index (χ2v) is 6.43. The second kappa shape index (κ2) is 4.86. The molecule has 1 N–H and O–H groups in total. The third kappa shape index (κ3) is 2.66. The molecule has 0 aromatic rings. The number of rotatable bonds is 3. The quantitative estimate of drug-likeness (QED) is 0.628. The summed E-state index contributed by atoms with van der Waals surface area (Å²) in [6.45, 7) is 1.38. The van der Waals surface area contributed by atoms with Crippen LogP contribution in [-0.4, -0.2) is 28.8 Å². The van der Waals surface area contributed by atoms with Crippen LogP contribution in [0.3, 0.4) is 0 Å². The number of esters is 2. The molecule has 0 spiro atoms. The van der Waals surface area contributed by atoms with Crippen molar-refractivity contribution in [1.29, 1.82) is 0 Å². The lowest BCUT2D eigenvalue weighted by Gasteiger charge is -2.41. The second-order valence-electron chi connectivity index (χ2n) is 6.43. The van der Waals surface area contributed by atoms with E-state index in [9.17, 15) is 14.4 Å². The molecule has 2 unspecified atom stereocenters. The van der Waals surface area contributed by atoms with Crippen molar-refractivity contribution in [2.24, 2.45) is 17.8 Å². The number of carbonyl (C=O) groups excluding carboxylic acids is 2. The Morgan fingerprint density at radius 1 is 1.29 bits per heavy atom. The number of carboxylic acid groups (broad SMARTS) is 1. The Bertz CT molecular complexity index is 520. The first-order chi connectivity index (χ1) is 9.87. The van der Waals surface area contributed by atoms with Gasteiger partial charge >= 0.3 is 17.9 Å². The molecule has 21 heavy (non-hydrogen) atoms. The van der Waals surface area contributed by atoms with Crippen LogP contribution in [-0.2, 0) is 23.9 Å². The zero-order valence-electron chi connectivity index (χ0n) is 11.8. The number of carboxylic acids is 1. The molecule has 2 aliphatic heterocycles. The molecule has 4 aliphatic rings. The SMILES string of the molecule is C/C(=C\C(=O)O)C(=O)OC12CC3CC(CC(C3)C(=O)O1)C2. The Balaban J connectivity index is 1.82. The highest BCUT2D eigenvalue weighted by atomic mass is 16.7. The molecule has 4 rings (SSSR count). The maximum atomic E-state index is 12.1. The van der Waals surface area contributed by atoms with Gasteiger partial charge in [0.1, 0.15) is 0 Å². The molecule has 0 radical (unpaired) electrons. The summed E-state index contributed by atoms with van der Waals surface area (Å²) in [7, 11) is 0. The summed E-state index contributed by atoms with van der Waals surface area (Å²) in [4.78, 5) is 34.7. The lowest BCUT2D eigenvalue weighted by atomic mass is 9.67. The number of hydrogen-bond donors (Lipinski definition) is 1. The fraction of sp³-hybridized carbons (Fsp3) is 0.667. The number of hydrogen-bond acceptors (Lipinski definition) is 5. The Morgan fingerprint density at radius 2 is 1.90 bits per heavy atom. The predicted molar refractivity (Wildman–Crippen MR) is 69.9 cm³/mol. The molecule has 6 heteroatoms. The van der Waals surface area contributed by atoms with E-state index in [0.29, 0.717) is 24.7 Å². The van der Waals surface area contributed by atoms with Crippen LogP contribution < -0.4 is 0 Å². The first-order valence-electron chi connectivity index (χ1n) is 7.24. The number of carbonyl (C=O) groups is 3. The molecule has 2 atom stereocenters. The van der Waals surface area contributed by atoms with E-state index in [1.807, 2.05) is 0 Å². The summed E-state index contributed by atoms with van der Waals surface area (Å²) in [5.41, 5.74) is -0.00774. The van der Waals surface area contributed by atoms with Gasteiger partial charge in [-0.3, -0.25) is 4.79 Å². The van der Waals surface area contributed by atoms with E-state index in [0.717, 1.165) is 25.3 Å². The molecule has 2 saturated heterocycles. The van der Waals surface area contributed by atoms with Crippen molar-refractivity contribution in [3.63, 3.8) is 0 Å². The van der Waals surface area contributed by atoms with Gasteiger partial charge in [0.2, 0.25) is 0 Å². The Kier molecular flexibility index (Phi) is 3.26. The van der Waals surface area contributed by atoms with Crippen molar-refractivity contribution in [3.05, 3.63) is 11.6 Å². The highest BCUT2D eigenvalue weighted by molar-refractivity contribution is 5.95. The van der Waals surface area contributed by atoms with Crippen LogP contribution in [0.2, 0.25) is 0 Å². The Hall–Kier alpha value is -1.85. The van der Waals surface area contributed by atoms with Gasteiger partial charge in [0, 0.05) is 24.5 Å². The highest BCUT2D eigenvalue weighted by Gasteiger charge is 2.54.